The van der Waals surface area contributed by atoms with E-state index in [-0.39, 0.29) is 18.0 Å². The maximum Gasteiger partial charge on any atom is 0.416 e. The molecule has 0 saturated carbocycles. The van der Waals surface area contributed by atoms with Gasteiger partial charge in [0.2, 0.25) is 0 Å². The number of amides is 1. The molecule has 0 spiro atoms. The molecule has 3 nitrogen and oxygen atoms in total. The van der Waals surface area contributed by atoms with Crippen molar-refractivity contribution in [2.45, 2.75) is 58.4 Å². The third-order valence-corrected chi connectivity index (χ3v) is 5.74. The molecule has 9 heteroatoms. The molecule has 1 amide bonds. The van der Waals surface area contributed by atoms with E-state index in [9.17, 15) is 31.1 Å². The zero-order valence-corrected chi connectivity index (χ0v) is 19.8. The first-order valence-electron chi connectivity index (χ1n) is 11.3. The number of likely N-dealkylation sites (tertiary alicyclic amines) is 1. The van der Waals surface area contributed by atoms with Crippen LogP contribution in [0.3, 0.4) is 0 Å². The van der Waals surface area contributed by atoms with Gasteiger partial charge < -0.3 is 4.90 Å². The Hall–Kier alpha value is -2.84. The van der Waals surface area contributed by atoms with Crippen molar-refractivity contribution in [2.75, 3.05) is 13.1 Å². The summed E-state index contributed by atoms with van der Waals surface area (Å²) in [5.74, 6) is -0.850. The smallest absolute Gasteiger partial charge is 0.335 e. The maximum absolute atomic E-state index is 13.3. The number of carbonyl (C=O) groups is 1. The Morgan fingerprint density at radius 1 is 0.943 bits per heavy atom. The standard InChI is InChI=1S/C26H28F6N2O/c1-24(2,3)16-33-21-9-10-34(22(15-21)11-17-7-5-4-6-8-17)23(35)18-12-19(25(27,28)29)14-20(13-18)26(30,31)32/h4-8,12-14,22H,9-11,15-16H2,1-3H3/t22-/m1/s1. The average molecular weight is 499 g/mol. The molecule has 0 aromatic heterocycles. The number of benzene rings is 2. The summed E-state index contributed by atoms with van der Waals surface area (Å²) in [6.07, 6.45) is -8.81. The molecule has 1 heterocycles. The fourth-order valence-corrected chi connectivity index (χ4v) is 3.99. The number of alkyl halides is 6. The lowest BCUT2D eigenvalue weighted by atomic mass is 9.92. The van der Waals surface area contributed by atoms with Crippen LogP contribution in [0.1, 0.15) is 60.7 Å². The van der Waals surface area contributed by atoms with Gasteiger partial charge in [-0.2, -0.15) is 26.3 Å². The third kappa shape index (κ3) is 7.32. The van der Waals surface area contributed by atoms with E-state index in [1.807, 2.05) is 51.1 Å². The highest BCUT2D eigenvalue weighted by Gasteiger charge is 2.39. The number of nitrogens with zero attached hydrogens (tertiary/aromatic N) is 2. The van der Waals surface area contributed by atoms with E-state index >= 15 is 0 Å². The van der Waals surface area contributed by atoms with Gasteiger partial charge in [0, 0.05) is 43.2 Å². The monoisotopic (exact) mass is 498 g/mol. The topological polar surface area (TPSA) is 32.7 Å². The van der Waals surface area contributed by atoms with Crippen LogP contribution in [0.2, 0.25) is 0 Å². The van der Waals surface area contributed by atoms with Crippen molar-refractivity contribution in [3.63, 3.8) is 0 Å². The molecule has 35 heavy (non-hydrogen) atoms. The Kier molecular flexibility index (Phi) is 7.67. The molecule has 1 saturated heterocycles. The highest BCUT2D eigenvalue weighted by atomic mass is 19.4. The summed E-state index contributed by atoms with van der Waals surface area (Å²) in [7, 11) is 0. The minimum atomic E-state index is -5.02. The Bertz CT molecular complexity index is 1040. The average Bonchev–Trinajstić information content (AvgIpc) is 2.76. The predicted molar refractivity (Wildman–Crippen MR) is 122 cm³/mol. The fraction of sp³-hybridized carbons (Fsp3) is 0.462. The molecule has 1 fully saturated rings. The molecule has 2 aromatic carbocycles. The van der Waals surface area contributed by atoms with Crippen LogP contribution in [0.5, 0.6) is 0 Å². The van der Waals surface area contributed by atoms with Gasteiger partial charge in [0.1, 0.15) is 0 Å². The summed E-state index contributed by atoms with van der Waals surface area (Å²) < 4.78 is 80.0. The molecule has 0 aliphatic carbocycles. The quantitative estimate of drug-likeness (QED) is 0.416. The van der Waals surface area contributed by atoms with Crippen LogP contribution in [0.15, 0.2) is 53.5 Å². The zero-order valence-electron chi connectivity index (χ0n) is 19.8. The molecule has 0 bridgehead atoms. The van der Waals surface area contributed by atoms with Gasteiger partial charge in [-0.15, -0.1) is 0 Å². The summed E-state index contributed by atoms with van der Waals surface area (Å²) in [6, 6.07) is 9.84. The van der Waals surface area contributed by atoms with Gasteiger partial charge in [0.25, 0.3) is 5.91 Å². The van der Waals surface area contributed by atoms with E-state index in [4.69, 9.17) is 0 Å². The number of aliphatic imine (C=N–C) groups is 1. The van der Waals surface area contributed by atoms with Gasteiger partial charge in [-0.25, -0.2) is 0 Å². The lowest BCUT2D eigenvalue weighted by Gasteiger charge is -2.37. The first-order chi connectivity index (χ1) is 16.1. The van der Waals surface area contributed by atoms with Crippen molar-refractivity contribution >= 4 is 11.6 Å². The summed E-state index contributed by atoms with van der Waals surface area (Å²) >= 11 is 0. The number of carbonyl (C=O) groups excluding carboxylic acids is 1. The second kappa shape index (κ2) is 10.0. The molecule has 2 aromatic rings. The van der Waals surface area contributed by atoms with Gasteiger partial charge in [0.05, 0.1) is 11.1 Å². The largest absolute Gasteiger partial charge is 0.416 e. The molecule has 1 aliphatic rings. The molecule has 0 N–H and O–H groups in total. The summed E-state index contributed by atoms with van der Waals surface area (Å²) in [5, 5.41) is 0. The van der Waals surface area contributed by atoms with Gasteiger partial charge >= 0.3 is 12.4 Å². The lowest BCUT2D eigenvalue weighted by Crippen LogP contribution is -2.47. The molecule has 1 atom stereocenters. The summed E-state index contributed by atoms with van der Waals surface area (Å²) in [5.41, 5.74) is -1.86. The predicted octanol–water partition coefficient (Wildman–Crippen LogP) is 7.06. The Balaban J connectivity index is 1.97. The zero-order chi connectivity index (χ0) is 26.0. The Morgan fingerprint density at radius 2 is 1.51 bits per heavy atom. The Morgan fingerprint density at radius 3 is 2.03 bits per heavy atom. The molecule has 190 valence electrons. The number of hydrogen-bond donors (Lipinski definition) is 0. The number of piperidine rings is 1. The molecular weight excluding hydrogens is 470 g/mol. The third-order valence-electron chi connectivity index (χ3n) is 5.74. The number of rotatable bonds is 4. The van der Waals surface area contributed by atoms with Gasteiger partial charge in [-0.3, -0.25) is 9.79 Å². The van der Waals surface area contributed by atoms with Crippen LogP contribution < -0.4 is 0 Å². The summed E-state index contributed by atoms with van der Waals surface area (Å²) in [4.78, 5) is 19.4. The second-order valence-corrected chi connectivity index (χ2v) is 10.0. The minimum Gasteiger partial charge on any atom is -0.335 e. The molecule has 0 unspecified atom stereocenters. The molecule has 0 radical (unpaired) electrons. The fourth-order valence-electron chi connectivity index (χ4n) is 3.99. The van der Waals surface area contributed by atoms with Crippen molar-refractivity contribution in [1.82, 2.24) is 4.90 Å². The van der Waals surface area contributed by atoms with Crippen molar-refractivity contribution in [3.05, 3.63) is 70.8 Å². The van der Waals surface area contributed by atoms with Crippen LogP contribution in [-0.4, -0.2) is 35.7 Å². The van der Waals surface area contributed by atoms with Gasteiger partial charge in [-0.1, -0.05) is 51.1 Å². The SMILES string of the molecule is CC(C)(C)CN=C1CCN(C(=O)c2cc(C(F)(F)F)cc(C(F)(F)F)c2)[C@H](Cc2ccccc2)C1. The van der Waals surface area contributed by atoms with E-state index in [0.29, 0.717) is 37.9 Å². The molecular formula is C26H28F6N2O. The highest BCUT2D eigenvalue weighted by molar-refractivity contribution is 5.97. The number of halogens is 6. The van der Waals surface area contributed by atoms with Crippen LogP contribution in [0, 0.1) is 5.41 Å². The van der Waals surface area contributed by atoms with Crippen molar-refractivity contribution in [2.24, 2.45) is 10.4 Å². The van der Waals surface area contributed by atoms with Gasteiger partial charge in [-0.05, 0) is 35.6 Å². The van der Waals surface area contributed by atoms with Crippen molar-refractivity contribution in [3.8, 4) is 0 Å². The van der Waals surface area contributed by atoms with E-state index in [0.717, 1.165) is 11.3 Å². The van der Waals surface area contributed by atoms with Crippen LogP contribution in [0.4, 0.5) is 26.3 Å². The molecule has 1 aliphatic heterocycles. The van der Waals surface area contributed by atoms with Crippen molar-refractivity contribution < 1.29 is 31.1 Å². The molecule has 3 rings (SSSR count). The first-order valence-corrected chi connectivity index (χ1v) is 11.3. The second-order valence-electron chi connectivity index (χ2n) is 10.0. The van der Waals surface area contributed by atoms with Gasteiger partial charge in [0.15, 0.2) is 0 Å². The minimum absolute atomic E-state index is 0.0334. The van der Waals surface area contributed by atoms with E-state index in [2.05, 4.69) is 4.99 Å². The summed E-state index contributed by atoms with van der Waals surface area (Å²) in [6.45, 7) is 6.88. The lowest BCUT2D eigenvalue weighted by molar-refractivity contribution is -0.143. The number of hydrogen-bond acceptors (Lipinski definition) is 2. The highest BCUT2D eigenvalue weighted by Crippen LogP contribution is 2.37. The van der Waals surface area contributed by atoms with E-state index in [1.54, 1.807) is 0 Å². The normalized spacial score (nSPS) is 18.7. The van der Waals surface area contributed by atoms with E-state index < -0.39 is 41.0 Å². The van der Waals surface area contributed by atoms with Crippen LogP contribution in [-0.2, 0) is 18.8 Å². The van der Waals surface area contributed by atoms with Crippen LogP contribution in [0.25, 0.3) is 0 Å². The van der Waals surface area contributed by atoms with Crippen LogP contribution >= 0.6 is 0 Å². The first kappa shape index (κ1) is 26.8. The van der Waals surface area contributed by atoms with E-state index in [1.165, 1.54) is 4.90 Å². The maximum atomic E-state index is 13.3. The Labute approximate surface area is 200 Å². The van der Waals surface area contributed by atoms with Crippen molar-refractivity contribution in [1.29, 1.82) is 0 Å².